The molecule has 4 aromatic rings. The van der Waals surface area contributed by atoms with Crippen LogP contribution in [0.1, 0.15) is 39.6 Å². The maximum atomic E-state index is 12.5. The molecule has 4 rings (SSSR count). The Bertz CT molecular complexity index is 1130. The van der Waals surface area contributed by atoms with Gasteiger partial charge in [-0.3, -0.25) is 4.79 Å². The summed E-state index contributed by atoms with van der Waals surface area (Å²) < 4.78 is 5.76. The fourth-order valence-corrected chi connectivity index (χ4v) is 3.82. The van der Waals surface area contributed by atoms with Crippen molar-refractivity contribution in [1.29, 1.82) is 0 Å². The van der Waals surface area contributed by atoms with Crippen LogP contribution in [-0.4, -0.2) is 25.3 Å². The molecular weight excluding hydrogens is 358 g/mol. The number of aromatic nitrogens is 4. The van der Waals surface area contributed by atoms with E-state index >= 15 is 0 Å². The molecule has 27 heavy (non-hydrogen) atoms. The molecule has 0 aliphatic carbocycles. The van der Waals surface area contributed by atoms with Gasteiger partial charge in [0.05, 0.1) is 23.6 Å². The molecule has 0 saturated heterocycles. The summed E-state index contributed by atoms with van der Waals surface area (Å²) in [6.45, 7) is 5.76. The standard InChI is InChI=1S/C20H19N5OS/c1-12(22-20(26)19-13(2)23-24-27-19)17-11-21-25(14(17)3)18-10-6-8-15-7-4-5-9-16(15)18/h4-12H,1-3H3,(H,22,26). The van der Waals surface area contributed by atoms with E-state index in [9.17, 15) is 4.79 Å². The van der Waals surface area contributed by atoms with Gasteiger partial charge in [0, 0.05) is 16.6 Å². The zero-order chi connectivity index (χ0) is 19.0. The molecule has 2 aromatic carbocycles. The average Bonchev–Trinajstić information content (AvgIpc) is 3.27. The summed E-state index contributed by atoms with van der Waals surface area (Å²) >= 11 is 1.11. The third-order valence-electron chi connectivity index (χ3n) is 4.71. The van der Waals surface area contributed by atoms with Crippen LogP contribution in [-0.2, 0) is 0 Å². The number of aryl methyl sites for hydroxylation is 1. The second-order valence-corrected chi connectivity index (χ2v) is 7.23. The molecule has 1 unspecified atom stereocenters. The number of hydrogen-bond acceptors (Lipinski definition) is 5. The van der Waals surface area contributed by atoms with Gasteiger partial charge in [0.15, 0.2) is 0 Å². The Balaban J connectivity index is 1.66. The van der Waals surface area contributed by atoms with Crippen molar-refractivity contribution in [2.24, 2.45) is 0 Å². The molecule has 2 heterocycles. The van der Waals surface area contributed by atoms with Crippen molar-refractivity contribution < 1.29 is 4.79 Å². The first-order chi connectivity index (χ1) is 13.1. The molecule has 0 radical (unpaired) electrons. The predicted molar refractivity (Wildman–Crippen MR) is 106 cm³/mol. The fourth-order valence-electron chi connectivity index (χ4n) is 3.26. The van der Waals surface area contributed by atoms with E-state index in [-0.39, 0.29) is 11.9 Å². The Kier molecular flexibility index (Phi) is 4.45. The summed E-state index contributed by atoms with van der Waals surface area (Å²) in [6, 6.07) is 14.2. The second kappa shape index (κ2) is 6.92. The molecule has 0 aliphatic rings. The first-order valence-corrected chi connectivity index (χ1v) is 9.46. The van der Waals surface area contributed by atoms with Crippen LogP contribution in [0.4, 0.5) is 0 Å². The quantitative estimate of drug-likeness (QED) is 0.584. The molecule has 1 amide bonds. The third kappa shape index (κ3) is 3.10. The van der Waals surface area contributed by atoms with E-state index in [0.29, 0.717) is 10.6 Å². The SMILES string of the molecule is Cc1nnsc1C(=O)NC(C)c1cnn(-c2cccc3ccccc23)c1C. The number of rotatable bonds is 4. The Morgan fingerprint density at radius 3 is 2.70 bits per heavy atom. The molecular formula is C20H19N5OS. The van der Waals surface area contributed by atoms with Crippen molar-refractivity contribution in [3.05, 3.63) is 70.5 Å². The maximum Gasteiger partial charge on any atom is 0.265 e. The molecule has 0 bridgehead atoms. The molecule has 6 nitrogen and oxygen atoms in total. The minimum Gasteiger partial charge on any atom is -0.345 e. The Morgan fingerprint density at radius 2 is 1.93 bits per heavy atom. The number of carbonyl (C=O) groups excluding carboxylic acids is 1. The van der Waals surface area contributed by atoms with Crippen molar-refractivity contribution >= 4 is 28.2 Å². The van der Waals surface area contributed by atoms with E-state index in [1.165, 1.54) is 5.39 Å². The topological polar surface area (TPSA) is 72.7 Å². The van der Waals surface area contributed by atoms with Crippen LogP contribution in [0.25, 0.3) is 16.5 Å². The van der Waals surface area contributed by atoms with Gasteiger partial charge in [0.2, 0.25) is 0 Å². The number of fused-ring (bicyclic) bond motifs is 1. The Labute approximate surface area is 161 Å². The van der Waals surface area contributed by atoms with E-state index in [0.717, 1.165) is 33.9 Å². The lowest BCUT2D eigenvalue weighted by Crippen LogP contribution is -2.26. The summed E-state index contributed by atoms with van der Waals surface area (Å²) in [5.74, 6) is -0.160. The highest BCUT2D eigenvalue weighted by Crippen LogP contribution is 2.26. The highest BCUT2D eigenvalue weighted by atomic mass is 32.1. The van der Waals surface area contributed by atoms with Gasteiger partial charge in [-0.05, 0) is 43.8 Å². The highest BCUT2D eigenvalue weighted by molar-refractivity contribution is 7.08. The number of carbonyl (C=O) groups is 1. The number of amides is 1. The molecule has 1 N–H and O–H groups in total. The summed E-state index contributed by atoms with van der Waals surface area (Å²) in [7, 11) is 0. The van der Waals surface area contributed by atoms with E-state index in [1.807, 2.05) is 42.9 Å². The molecule has 136 valence electrons. The minimum atomic E-state index is -0.178. The van der Waals surface area contributed by atoms with Crippen LogP contribution in [0.15, 0.2) is 48.7 Å². The lowest BCUT2D eigenvalue weighted by Gasteiger charge is -2.14. The summed E-state index contributed by atoms with van der Waals surface area (Å²) in [4.78, 5) is 13.0. The predicted octanol–water partition coefficient (Wildman–Crippen LogP) is 3.98. The van der Waals surface area contributed by atoms with Crippen LogP contribution in [0, 0.1) is 13.8 Å². The van der Waals surface area contributed by atoms with Crippen molar-refractivity contribution in [3.63, 3.8) is 0 Å². The zero-order valence-electron chi connectivity index (χ0n) is 15.3. The first kappa shape index (κ1) is 17.4. The molecule has 0 aliphatic heterocycles. The van der Waals surface area contributed by atoms with E-state index in [2.05, 4.69) is 44.3 Å². The molecule has 0 spiro atoms. The zero-order valence-corrected chi connectivity index (χ0v) is 16.1. The van der Waals surface area contributed by atoms with E-state index in [4.69, 9.17) is 0 Å². The van der Waals surface area contributed by atoms with Crippen molar-refractivity contribution in [1.82, 2.24) is 24.7 Å². The van der Waals surface area contributed by atoms with Gasteiger partial charge in [-0.1, -0.05) is 40.9 Å². The maximum absolute atomic E-state index is 12.5. The van der Waals surface area contributed by atoms with Crippen molar-refractivity contribution in [3.8, 4) is 5.69 Å². The second-order valence-electron chi connectivity index (χ2n) is 6.48. The number of hydrogen-bond donors (Lipinski definition) is 1. The largest absolute Gasteiger partial charge is 0.345 e. The monoisotopic (exact) mass is 377 g/mol. The normalized spacial score (nSPS) is 12.3. The smallest absolute Gasteiger partial charge is 0.265 e. The first-order valence-electron chi connectivity index (χ1n) is 8.68. The van der Waals surface area contributed by atoms with Gasteiger partial charge in [-0.15, -0.1) is 5.10 Å². The van der Waals surface area contributed by atoms with Gasteiger partial charge in [-0.2, -0.15) is 5.10 Å². The van der Waals surface area contributed by atoms with E-state index < -0.39 is 0 Å². The summed E-state index contributed by atoms with van der Waals surface area (Å²) in [5.41, 5.74) is 3.65. The number of nitrogens with one attached hydrogen (secondary N) is 1. The summed E-state index contributed by atoms with van der Waals surface area (Å²) in [5, 5.41) is 13.8. The van der Waals surface area contributed by atoms with Crippen molar-refractivity contribution in [2.75, 3.05) is 0 Å². The summed E-state index contributed by atoms with van der Waals surface area (Å²) in [6.07, 6.45) is 1.82. The minimum absolute atomic E-state index is 0.160. The van der Waals surface area contributed by atoms with Crippen LogP contribution in [0.3, 0.4) is 0 Å². The van der Waals surface area contributed by atoms with Crippen LogP contribution in [0.5, 0.6) is 0 Å². The molecule has 1 atom stereocenters. The molecule has 7 heteroatoms. The lowest BCUT2D eigenvalue weighted by atomic mass is 10.1. The fraction of sp³-hybridized carbons (Fsp3) is 0.200. The average molecular weight is 377 g/mol. The van der Waals surface area contributed by atoms with Gasteiger partial charge in [0.25, 0.3) is 5.91 Å². The van der Waals surface area contributed by atoms with Gasteiger partial charge in [-0.25, -0.2) is 4.68 Å². The third-order valence-corrected chi connectivity index (χ3v) is 5.54. The molecule has 0 saturated carbocycles. The van der Waals surface area contributed by atoms with Crippen LogP contribution < -0.4 is 5.32 Å². The van der Waals surface area contributed by atoms with Gasteiger partial charge in [0.1, 0.15) is 4.88 Å². The lowest BCUT2D eigenvalue weighted by molar-refractivity contribution is 0.0943. The van der Waals surface area contributed by atoms with Crippen molar-refractivity contribution in [2.45, 2.75) is 26.8 Å². The number of benzene rings is 2. The van der Waals surface area contributed by atoms with Gasteiger partial charge >= 0.3 is 0 Å². The number of nitrogens with zero attached hydrogens (tertiary/aromatic N) is 4. The molecule has 2 aromatic heterocycles. The van der Waals surface area contributed by atoms with Crippen LogP contribution >= 0.6 is 11.5 Å². The Hall–Kier alpha value is -3.06. The van der Waals surface area contributed by atoms with Crippen LogP contribution in [0.2, 0.25) is 0 Å². The van der Waals surface area contributed by atoms with Gasteiger partial charge < -0.3 is 5.32 Å². The molecule has 0 fully saturated rings. The highest BCUT2D eigenvalue weighted by Gasteiger charge is 2.20. The van der Waals surface area contributed by atoms with E-state index in [1.54, 1.807) is 6.92 Å². The Morgan fingerprint density at radius 1 is 1.15 bits per heavy atom.